The first-order chi connectivity index (χ1) is 5.95. The van der Waals surface area contributed by atoms with Crippen LogP contribution in [0.1, 0.15) is 33.6 Å². The second-order valence-corrected chi connectivity index (χ2v) is 3.03. The van der Waals surface area contributed by atoms with Gasteiger partial charge in [-0.05, 0) is 30.0 Å². The molecule has 0 fully saturated rings. The molecular formula is C10H14O. The van der Waals surface area contributed by atoms with Crippen LogP contribution in [0.25, 0.3) is 0 Å². The maximum Gasteiger partial charge on any atom is 0.119 e. The van der Waals surface area contributed by atoms with Crippen LogP contribution in [0.3, 0.4) is 0 Å². The van der Waals surface area contributed by atoms with Crippen molar-refractivity contribution in [2.45, 2.75) is 26.7 Å². The Morgan fingerprint density at radius 3 is 2.64 bits per heavy atom. The highest BCUT2D eigenvalue weighted by Crippen LogP contribution is 2.25. The SMILES string of the molecule is [2H]c1c(C)cc(O)c(C(C)C)c1[2H]. The third-order valence-corrected chi connectivity index (χ3v) is 1.60. The minimum atomic E-state index is 0.0807. The van der Waals surface area contributed by atoms with Crippen molar-refractivity contribution in [3.63, 3.8) is 0 Å². The lowest BCUT2D eigenvalue weighted by Gasteiger charge is -2.07. The van der Waals surface area contributed by atoms with Crippen LogP contribution in [0.5, 0.6) is 5.75 Å². The molecule has 0 unspecified atom stereocenters. The predicted octanol–water partition coefficient (Wildman–Crippen LogP) is 2.82. The Bertz CT molecular complexity index is 332. The van der Waals surface area contributed by atoms with E-state index in [4.69, 9.17) is 2.74 Å². The van der Waals surface area contributed by atoms with Gasteiger partial charge in [0, 0.05) is 0 Å². The fourth-order valence-corrected chi connectivity index (χ4v) is 0.989. The molecule has 0 radical (unpaired) electrons. The van der Waals surface area contributed by atoms with Crippen LogP contribution >= 0.6 is 0 Å². The predicted molar refractivity (Wildman–Crippen MR) is 46.9 cm³/mol. The second-order valence-electron chi connectivity index (χ2n) is 3.03. The van der Waals surface area contributed by atoms with E-state index in [0.717, 1.165) is 0 Å². The van der Waals surface area contributed by atoms with Gasteiger partial charge in [0.15, 0.2) is 0 Å². The lowest BCUT2D eigenvalue weighted by molar-refractivity contribution is 0.464. The van der Waals surface area contributed by atoms with Gasteiger partial charge in [-0.1, -0.05) is 25.9 Å². The van der Waals surface area contributed by atoms with Gasteiger partial charge in [-0.3, -0.25) is 0 Å². The third kappa shape index (κ3) is 1.73. The first-order valence-corrected chi connectivity index (χ1v) is 3.74. The molecule has 0 aliphatic carbocycles. The van der Waals surface area contributed by atoms with E-state index < -0.39 is 0 Å². The quantitative estimate of drug-likeness (QED) is 0.656. The Labute approximate surface area is 70.5 Å². The van der Waals surface area contributed by atoms with Crippen LogP contribution in [0.2, 0.25) is 0 Å². The molecule has 0 aromatic heterocycles. The van der Waals surface area contributed by atoms with Crippen molar-refractivity contribution < 1.29 is 7.85 Å². The number of aromatic hydroxyl groups is 1. The number of benzene rings is 1. The van der Waals surface area contributed by atoms with E-state index >= 15 is 0 Å². The Morgan fingerprint density at radius 1 is 1.45 bits per heavy atom. The van der Waals surface area contributed by atoms with Crippen molar-refractivity contribution in [2.24, 2.45) is 0 Å². The van der Waals surface area contributed by atoms with Crippen LogP contribution in [0.15, 0.2) is 18.2 Å². The molecule has 1 nitrogen and oxygen atoms in total. The molecule has 1 N–H and O–H groups in total. The highest BCUT2D eigenvalue weighted by atomic mass is 16.3. The van der Waals surface area contributed by atoms with Gasteiger partial charge in [-0.25, -0.2) is 0 Å². The molecule has 11 heavy (non-hydrogen) atoms. The number of phenols is 1. The van der Waals surface area contributed by atoms with Crippen LogP contribution in [-0.2, 0) is 0 Å². The van der Waals surface area contributed by atoms with Gasteiger partial charge in [0.2, 0.25) is 0 Å². The summed E-state index contributed by atoms with van der Waals surface area (Å²) in [6, 6.07) is 1.91. The van der Waals surface area contributed by atoms with Gasteiger partial charge in [-0.15, -0.1) is 0 Å². The summed E-state index contributed by atoms with van der Waals surface area (Å²) in [5.41, 5.74) is 1.21. The molecule has 0 spiro atoms. The fourth-order valence-electron chi connectivity index (χ4n) is 0.989. The highest BCUT2D eigenvalue weighted by Gasteiger charge is 2.03. The lowest BCUT2D eigenvalue weighted by Crippen LogP contribution is -1.87. The lowest BCUT2D eigenvalue weighted by atomic mass is 10.0. The van der Waals surface area contributed by atoms with Gasteiger partial charge in [0.05, 0.1) is 2.74 Å². The van der Waals surface area contributed by atoms with E-state index in [1.54, 1.807) is 13.0 Å². The van der Waals surface area contributed by atoms with Gasteiger partial charge < -0.3 is 5.11 Å². The minimum Gasteiger partial charge on any atom is -0.508 e. The molecular weight excluding hydrogens is 136 g/mol. The average molecular weight is 152 g/mol. The van der Waals surface area contributed by atoms with Crippen LogP contribution in [-0.4, -0.2) is 5.11 Å². The van der Waals surface area contributed by atoms with Gasteiger partial charge in [0.1, 0.15) is 5.75 Å². The molecule has 60 valence electrons. The largest absolute Gasteiger partial charge is 0.508 e. The highest BCUT2D eigenvalue weighted by molar-refractivity contribution is 5.37. The number of rotatable bonds is 1. The minimum absolute atomic E-state index is 0.0807. The molecule has 0 aliphatic rings. The summed E-state index contributed by atoms with van der Waals surface area (Å²) in [6.45, 7) is 5.54. The Balaban J connectivity index is 3.44. The van der Waals surface area contributed by atoms with E-state index in [0.29, 0.717) is 11.1 Å². The van der Waals surface area contributed by atoms with E-state index in [-0.39, 0.29) is 23.8 Å². The number of phenolic OH excluding ortho intramolecular Hbond substituents is 1. The zero-order valence-electron chi connectivity index (χ0n) is 9.10. The van der Waals surface area contributed by atoms with Crippen molar-refractivity contribution in [1.29, 1.82) is 0 Å². The van der Waals surface area contributed by atoms with Crippen LogP contribution in [0, 0.1) is 6.92 Å². The van der Waals surface area contributed by atoms with Crippen molar-refractivity contribution in [3.05, 3.63) is 29.3 Å². The molecule has 1 aromatic rings. The summed E-state index contributed by atoms with van der Waals surface area (Å²) < 4.78 is 15.2. The summed E-state index contributed by atoms with van der Waals surface area (Å²) in [5, 5.41) is 9.56. The van der Waals surface area contributed by atoms with Gasteiger partial charge in [-0.2, -0.15) is 0 Å². The first-order valence-electron chi connectivity index (χ1n) is 4.74. The number of hydrogen-bond acceptors (Lipinski definition) is 1. The van der Waals surface area contributed by atoms with Crippen LogP contribution in [0.4, 0.5) is 0 Å². The topological polar surface area (TPSA) is 20.2 Å². The molecule has 0 heterocycles. The fraction of sp³-hybridized carbons (Fsp3) is 0.400. The van der Waals surface area contributed by atoms with Crippen molar-refractivity contribution in [3.8, 4) is 5.75 Å². The Kier molecular flexibility index (Phi) is 1.51. The second kappa shape index (κ2) is 2.95. The molecule has 0 amide bonds. The summed E-state index contributed by atoms with van der Waals surface area (Å²) in [5.74, 6) is 0.214. The summed E-state index contributed by atoms with van der Waals surface area (Å²) in [7, 11) is 0. The summed E-state index contributed by atoms with van der Waals surface area (Å²) in [6.07, 6.45) is 0. The monoisotopic (exact) mass is 152 g/mol. The van der Waals surface area contributed by atoms with E-state index in [1.165, 1.54) is 0 Å². The van der Waals surface area contributed by atoms with E-state index in [1.807, 2.05) is 13.8 Å². The number of aryl methyl sites for hydroxylation is 1. The van der Waals surface area contributed by atoms with E-state index in [9.17, 15) is 5.11 Å². The maximum atomic E-state index is 9.56. The normalized spacial score (nSPS) is 13.1. The molecule has 1 rings (SSSR count). The van der Waals surface area contributed by atoms with Gasteiger partial charge in [0.25, 0.3) is 0 Å². The van der Waals surface area contributed by atoms with Gasteiger partial charge >= 0.3 is 0 Å². The maximum absolute atomic E-state index is 9.56. The number of hydrogen-bond donors (Lipinski definition) is 1. The van der Waals surface area contributed by atoms with E-state index in [2.05, 4.69) is 0 Å². The first kappa shape index (κ1) is 5.64. The Morgan fingerprint density at radius 2 is 2.09 bits per heavy atom. The van der Waals surface area contributed by atoms with Crippen LogP contribution < -0.4 is 0 Å². The summed E-state index contributed by atoms with van der Waals surface area (Å²) in [4.78, 5) is 0. The third-order valence-electron chi connectivity index (χ3n) is 1.60. The van der Waals surface area contributed by atoms with Crippen molar-refractivity contribution >= 4 is 0 Å². The molecule has 1 heteroatoms. The standard InChI is InChI=1S/C10H14O/c1-7(2)9-5-4-8(3)6-10(9)11/h4-7,11H,1-3H3/i4D,5D. The molecule has 0 saturated heterocycles. The molecule has 0 bridgehead atoms. The average Bonchev–Trinajstić information content (AvgIpc) is 1.99. The smallest absolute Gasteiger partial charge is 0.119 e. The summed E-state index contributed by atoms with van der Waals surface area (Å²) >= 11 is 0. The molecule has 1 aromatic carbocycles. The Hall–Kier alpha value is -0.980. The van der Waals surface area contributed by atoms with Crippen molar-refractivity contribution in [1.82, 2.24) is 0 Å². The molecule has 0 saturated carbocycles. The molecule has 0 aliphatic heterocycles. The van der Waals surface area contributed by atoms with Crippen molar-refractivity contribution in [2.75, 3.05) is 0 Å². The zero-order valence-corrected chi connectivity index (χ0v) is 7.10. The zero-order chi connectivity index (χ0) is 10.2. The molecule has 0 atom stereocenters.